The maximum atomic E-state index is 11.1. The minimum absolute atomic E-state index is 0.00118. The Hall–Kier alpha value is -2.04. The Morgan fingerprint density at radius 1 is 1.40 bits per heavy atom. The molecule has 0 aromatic heterocycles. The molecular weight excluding hydrogens is 194 g/mol. The highest BCUT2D eigenvalue weighted by atomic mass is 16.2. The van der Waals surface area contributed by atoms with Crippen molar-refractivity contribution in [2.75, 3.05) is 10.6 Å². The molecule has 0 atom stereocenters. The Labute approximate surface area is 86.6 Å². The van der Waals surface area contributed by atoms with Gasteiger partial charge >= 0.3 is 6.03 Å². The lowest BCUT2D eigenvalue weighted by atomic mass is 10.0. The van der Waals surface area contributed by atoms with Crippen LogP contribution in [0.25, 0.3) is 0 Å². The summed E-state index contributed by atoms with van der Waals surface area (Å²) in [5.41, 5.74) is 7.39. The number of benzene rings is 1. The summed E-state index contributed by atoms with van der Waals surface area (Å²) < 4.78 is 0. The third-order valence-corrected chi connectivity index (χ3v) is 2.31. The van der Waals surface area contributed by atoms with Crippen molar-refractivity contribution in [3.63, 3.8) is 0 Å². The molecule has 0 saturated heterocycles. The molecule has 5 heteroatoms. The topological polar surface area (TPSA) is 84.2 Å². The van der Waals surface area contributed by atoms with Gasteiger partial charge in [0.1, 0.15) is 0 Å². The second-order valence-electron chi connectivity index (χ2n) is 3.37. The molecule has 0 aliphatic carbocycles. The van der Waals surface area contributed by atoms with Crippen LogP contribution in [0.1, 0.15) is 12.0 Å². The number of fused-ring (bicyclic) bond motifs is 1. The molecule has 1 aromatic rings. The molecule has 78 valence electrons. The van der Waals surface area contributed by atoms with Gasteiger partial charge in [-0.25, -0.2) is 4.79 Å². The average molecular weight is 205 g/mol. The number of nitrogens with two attached hydrogens (primary N) is 1. The van der Waals surface area contributed by atoms with Crippen molar-refractivity contribution in [2.24, 2.45) is 5.73 Å². The molecule has 15 heavy (non-hydrogen) atoms. The van der Waals surface area contributed by atoms with Gasteiger partial charge in [0.2, 0.25) is 5.91 Å². The minimum atomic E-state index is -0.597. The molecule has 1 aliphatic heterocycles. The highest BCUT2D eigenvalue weighted by molar-refractivity contribution is 5.97. The number of amides is 3. The molecule has 0 fully saturated rings. The fraction of sp³-hybridized carbons (Fsp3) is 0.200. The molecule has 5 nitrogen and oxygen atoms in total. The van der Waals surface area contributed by atoms with E-state index >= 15 is 0 Å². The van der Waals surface area contributed by atoms with Gasteiger partial charge in [-0.05, 0) is 24.1 Å². The third kappa shape index (κ3) is 1.90. The lowest BCUT2D eigenvalue weighted by molar-refractivity contribution is -0.116. The Kier molecular flexibility index (Phi) is 2.29. The van der Waals surface area contributed by atoms with Crippen LogP contribution in [0.15, 0.2) is 18.2 Å². The van der Waals surface area contributed by atoms with Gasteiger partial charge in [-0.2, -0.15) is 0 Å². The standard InChI is InChI=1S/C10H11N3O2/c11-10(15)13-8-3-1-2-7-6(8)4-5-9(14)12-7/h1-3H,4-5H2,(H,12,14)(H3,11,13,15). The molecule has 0 spiro atoms. The van der Waals surface area contributed by atoms with Gasteiger partial charge in [0.05, 0.1) is 0 Å². The summed E-state index contributed by atoms with van der Waals surface area (Å²) in [6.07, 6.45) is 1.06. The molecular formula is C10H11N3O2. The molecule has 1 aromatic carbocycles. The van der Waals surface area contributed by atoms with Crippen LogP contribution < -0.4 is 16.4 Å². The van der Waals surface area contributed by atoms with Gasteiger partial charge in [-0.1, -0.05) is 6.07 Å². The van der Waals surface area contributed by atoms with Gasteiger partial charge in [-0.3, -0.25) is 4.79 Å². The number of primary amides is 1. The Morgan fingerprint density at radius 3 is 2.93 bits per heavy atom. The van der Waals surface area contributed by atoms with Crippen molar-refractivity contribution in [1.82, 2.24) is 0 Å². The first kappa shape index (κ1) is 9.51. The van der Waals surface area contributed by atoms with Crippen LogP contribution in [-0.4, -0.2) is 11.9 Å². The summed E-state index contributed by atoms with van der Waals surface area (Å²) in [6.45, 7) is 0. The van der Waals surface area contributed by atoms with Crippen LogP contribution >= 0.6 is 0 Å². The van der Waals surface area contributed by atoms with Crippen molar-refractivity contribution < 1.29 is 9.59 Å². The van der Waals surface area contributed by atoms with Crippen molar-refractivity contribution in [1.29, 1.82) is 0 Å². The summed E-state index contributed by atoms with van der Waals surface area (Å²) in [5.74, 6) is -0.00118. The SMILES string of the molecule is NC(=O)Nc1cccc2c1CCC(=O)N2. The molecule has 0 bridgehead atoms. The summed E-state index contributed by atoms with van der Waals surface area (Å²) in [6, 6.07) is 4.73. The van der Waals surface area contributed by atoms with Gasteiger partial charge in [0.15, 0.2) is 0 Å². The van der Waals surface area contributed by atoms with Crippen LogP contribution in [0.5, 0.6) is 0 Å². The fourth-order valence-electron chi connectivity index (χ4n) is 1.67. The smallest absolute Gasteiger partial charge is 0.316 e. The predicted molar refractivity (Wildman–Crippen MR) is 56.6 cm³/mol. The first-order valence-corrected chi connectivity index (χ1v) is 4.65. The van der Waals surface area contributed by atoms with E-state index in [0.29, 0.717) is 18.5 Å². The molecule has 0 saturated carbocycles. The lowest BCUT2D eigenvalue weighted by Crippen LogP contribution is -2.23. The van der Waals surface area contributed by atoms with E-state index in [2.05, 4.69) is 10.6 Å². The zero-order valence-corrected chi connectivity index (χ0v) is 8.04. The third-order valence-electron chi connectivity index (χ3n) is 2.31. The summed E-state index contributed by atoms with van der Waals surface area (Å²) in [7, 11) is 0. The van der Waals surface area contributed by atoms with Crippen molar-refractivity contribution >= 4 is 23.3 Å². The molecule has 4 N–H and O–H groups in total. The van der Waals surface area contributed by atoms with Gasteiger partial charge in [0, 0.05) is 17.8 Å². The quantitative estimate of drug-likeness (QED) is 0.640. The number of carbonyl (C=O) groups excluding carboxylic acids is 2. The molecule has 0 radical (unpaired) electrons. The van der Waals surface area contributed by atoms with E-state index < -0.39 is 6.03 Å². The van der Waals surface area contributed by atoms with Gasteiger partial charge < -0.3 is 16.4 Å². The monoisotopic (exact) mass is 205 g/mol. The van der Waals surface area contributed by atoms with Crippen LogP contribution in [0.2, 0.25) is 0 Å². The second-order valence-corrected chi connectivity index (χ2v) is 3.37. The molecule has 0 unspecified atom stereocenters. The predicted octanol–water partition coefficient (Wildman–Crippen LogP) is 1.06. The van der Waals surface area contributed by atoms with E-state index in [0.717, 1.165) is 11.3 Å². The first-order chi connectivity index (χ1) is 7.16. The number of carbonyl (C=O) groups is 2. The fourth-order valence-corrected chi connectivity index (χ4v) is 1.67. The van der Waals surface area contributed by atoms with E-state index in [1.165, 1.54) is 0 Å². The van der Waals surface area contributed by atoms with Crippen molar-refractivity contribution in [3.05, 3.63) is 23.8 Å². The van der Waals surface area contributed by atoms with Crippen LogP contribution in [0.4, 0.5) is 16.2 Å². The largest absolute Gasteiger partial charge is 0.351 e. The van der Waals surface area contributed by atoms with E-state index in [1.54, 1.807) is 18.2 Å². The van der Waals surface area contributed by atoms with Gasteiger partial charge in [-0.15, -0.1) is 0 Å². The van der Waals surface area contributed by atoms with E-state index in [-0.39, 0.29) is 5.91 Å². The Balaban J connectivity index is 2.37. The number of hydrogen-bond donors (Lipinski definition) is 3. The van der Waals surface area contributed by atoms with Crippen molar-refractivity contribution in [2.45, 2.75) is 12.8 Å². The maximum Gasteiger partial charge on any atom is 0.316 e. The molecule has 1 aliphatic rings. The zero-order valence-electron chi connectivity index (χ0n) is 8.04. The van der Waals surface area contributed by atoms with E-state index in [1.807, 2.05) is 0 Å². The zero-order chi connectivity index (χ0) is 10.8. The number of urea groups is 1. The molecule has 2 rings (SSSR count). The Bertz CT molecular complexity index is 429. The second kappa shape index (κ2) is 3.61. The van der Waals surface area contributed by atoms with Crippen LogP contribution in [0.3, 0.4) is 0 Å². The Morgan fingerprint density at radius 2 is 2.20 bits per heavy atom. The lowest BCUT2D eigenvalue weighted by Gasteiger charge is -2.19. The minimum Gasteiger partial charge on any atom is -0.351 e. The number of anilines is 2. The number of hydrogen-bond acceptors (Lipinski definition) is 2. The summed E-state index contributed by atoms with van der Waals surface area (Å²) in [4.78, 5) is 21.9. The van der Waals surface area contributed by atoms with E-state index in [9.17, 15) is 9.59 Å². The maximum absolute atomic E-state index is 11.1. The van der Waals surface area contributed by atoms with Gasteiger partial charge in [0.25, 0.3) is 0 Å². The summed E-state index contributed by atoms with van der Waals surface area (Å²) >= 11 is 0. The highest BCUT2D eigenvalue weighted by Crippen LogP contribution is 2.29. The van der Waals surface area contributed by atoms with Crippen molar-refractivity contribution in [3.8, 4) is 0 Å². The number of nitrogens with one attached hydrogen (secondary N) is 2. The highest BCUT2D eigenvalue weighted by Gasteiger charge is 2.17. The van der Waals surface area contributed by atoms with E-state index in [4.69, 9.17) is 5.73 Å². The normalized spacial score (nSPS) is 14.0. The first-order valence-electron chi connectivity index (χ1n) is 4.65. The van der Waals surface area contributed by atoms with Crippen LogP contribution in [0, 0.1) is 0 Å². The van der Waals surface area contributed by atoms with Crippen LogP contribution in [-0.2, 0) is 11.2 Å². The average Bonchev–Trinajstić information content (AvgIpc) is 2.16. The molecule has 3 amide bonds. The number of rotatable bonds is 1. The molecule has 1 heterocycles. The summed E-state index contributed by atoms with van der Waals surface area (Å²) in [5, 5.41) is 5.28.